The van der Waals surface area contributed by atoms with Gasteiger partial charge in [-0.05, 0) is 34.5 Å². The van der Waals surface area contributed by atoms with Crippen molar-refractivity contribution in [3.05, 3.63) is 82.5 Å². The van der Waals surface area contributed by atoms with Gasteiger partial charge in [-0.2, -0.15) is 0 Å². The van der Waals surface area contributed by atoms with Gasteiger partial charge in [0.25, 0.3) is 0 Å². The third-order valence-electron chi connectivity index (χ3n) is 6.25. The Morgan fingerprint density at radius 3 is 2.58 bits per heavy atom. The molecule has 158 valence electrons. The van der Waals surface area contributed by atoms with E-state index in [2.05, 4.69) is 73.2 Å². The number of fused-ring (bicyclic) bond motifs is 2. The lowest BCUT2D eigenvalue weighted by molar-refractivity contribution is -0.144. The molecule has 2 heterocycles. The Morgan fingerprint density at radius 2 is 1.77 bits per heavy atom. The van der Waals surface area contributed by atoms with Crippen LogP contribution >= 0.6 is 15.9 Å². The van der Waals surface area contributed by atoms with Gasteiger partial charge in [0, 0.05) is 59.9 Å². The molecule has 3 aromatic carbocycles. The van der Waals surface area contributed by atoms with E-state index in [0.29, 0.717) is 0 Å². The summed E-state index contributed by atoms with van der Waals surface area (Å²) >= 11 is 3.51. The zero-order valence-electron chi connectivity index (χ0n) is 17.1. The SMILES string of the molecule is O=C(O)[C@H](c1c[nH]c2ccc(Br)cc12)N1CCN(Cc2cccc3ccccc23)CC1. The van der Waals surface area contributed by atoms with Gasteiger partial charge in [0.15, 0.2) is 0 Å². The summed E-state index contributed by atoms with van der Waals surface area (Å²) in [6.07, 6.45) is 1.85. The molecule has 2 N–H and O–H groups in total. The van der Waals surface area contributed by atoms with Gasteiger partial charge >= 0.3 is 5.97 Å². The van der Waals surface area contributed by atoms with Crippen LogP contribution in [0.5, 0.6) is 0 Å². The van der Waals surface area contributed by atoms with Crippen LogP contribution in [0.15, 0.2) is 71.3 Å². The van der Waals surface area contributed by atoms with Crippen LogP contribution in [0.25, 0.3) is 21.7 Å². The number of aromatic amines is 1. The number of carboxylic acid groups (broad SMARTS) is 1. The zero-order chi connectivity index (χ0) is 21.4. The van der Waals surface area contributed by atoms with Crippen LogP contribution in [0.2, 0.25) is 0 Å². The van der Waals surface area contributed by atoms with E-state index in [9.17, 15) is 9.90 Å². The van der Waals surface area contributed by atoms with Gasteiger partial charge < -0.3 is 10.1 Å². The molecule has 0 amide bonds. The van der Waals surface area contributed by atoms with Gasteiger partial charge in [0.2, 0.25) is 0 Å². The van der Waals surface area contributed by atoms with Crippen molar-refractivity contribution in [1.29, 1.82) is 0 Å². The molecule has 0 radical (unpaired) electrons. The summed E-state index contributed by atoms with van der Waals surface area (Å²) < 4.78 is 0.949. The minimum Gasteiger partial charge on any atom is -0.480 e. The minimum absolute atomic E-state index is 0.650. The number of nitrogens with one attached hydrogen (secondary N) is 1. The molecule has 1 saturated heterocycles. The number of aromatic nitrogens is 1. The molecule has 0 aliphatic carbocycles. The average molecular weight is 478 g/mol. The first-order valence-corrected chi connectivity index (χ1v) is 11.3. The molecule has 0 bridgehead atoms. The van der Waals surface area contributed by atoms with E-state index in [1.54, 1.807) is 0 Å². The smallest absolute Gasteiger partial charge is 0.325 e. The summed E-state index contributed by atoms with van der Waals surface area (Å²) in [4.78, 5) is 20.0. The third-order valence-corrected chi connectivity index (χ3v) is 6.74. The van der Waals surface area contributed by atoms with E-state index in [1.807, 2.05) is 24.4 Å². The second kappa shape index (κ2) is 8.46. The van der Waals surface area contributed by atoms with Crippen molar-refractivity contribution in [3.8, 4) is 0 Å². The zero-order valence-corrected chi connectivity index (χ0v) is 18.7. The Kier molecular flexibility index (Phi) is 5.52. The van der Waals surface area contributed by atoms with Gasteiger partial charge in [-0.3, -0.25) is 14.6 Å². The van der Waals surface area contributed by atoms with Gasteiger partial charge in [-0.15, -0.1) is 0 Å². The number of benzene rings is 3. The number of hydrogen-bond acceptors (Lipinski definition) is 3. The van der Waals surface area contributed by atoms with Gasteiger partial charge in [-0.1, -0.05) is 58.4 Å². The van der Waals surface area contributed by atoms with Crippen LogP contribution < -0.4 is 0 Å². The number of H-pyrrole nitrogens is 1. The second-order valence-corrected chi connectivity index (χ2v) is 9.04. The summed E-state index contributed by atoms with van der Waals surface area (Å²) in [6, 6.07) is 20.2. The Hall–Kier alpha value is -2.67. The van der Waals surface area contributed by atoms with Crippen molar-refractivity contribution in [1.82, 2.24) is 14.8 Å². The summed E-state index contributed by atoms with van der Waals surface area (Å²) in [5.74, 6) is -0.802. The molecule has 5 nitrogen and oxygen atoms in total. The number of carboxylic acids is 1. The number of carbonyl (C=O) groups is 1. The predicted molar refractivity (Wildman–Crippen MR) is 127 cm³/mol. The number of piperazine rings is 1. The Balaban J connectivity index is 1.33. The molecule has 0 spiro atoms. The largest absolute Gasteiger partial charge is 0.480 e. The average Bonchev–Trinajstić information content (AvgIpc) is 3.18. The lowest BCUT2D eigenvalue weighted by Crippen LogP contribution is -2.48. The van der Waals surface area contributed by atoms with Crippen LogP contribution in [0.4, 0.5) is 0 Å². The molecule has 6 heteroatoms. The second-order valence-electron chi connectivity index (χ2n) is 8.13. The number of halogens is 1. The molecule has 0 unspecified atom stereocenters. The molecule has 5 rings (SSSR count). The van der Waals surface area contributed by atoms with Crippen LogP contribution in [-0.2, 0) is 11.3 Å². The molecule has 1 aliphatic heterocycles. The molecule has 31 heavy (non-hydrogen) atoms. The van der Waals surface area contributed by atoms with E-state index in [-0.39, 0.29) is 0 Å². The highest BCUT2D eigenvalue weighted by molar-refractivity contribution is 9.10. The highest BCUT2D eigenvalue weighted by Gasteiger charge is 2.32. The fourth-order valence-corrected chi connectivity index (χ4v) is 5.04. The predicted octanol–water partition coefficient (Wildman–Crippen LogP) is 5.03. The maximum absolute atomic E-state index is 12.3. The van der Waals surface area contributed by atoms with Crippen molar-refractivity contribution < 1.29 is 9.90 Å². The van der Waals surface area contributed by atoms with Crippen molar-refractivity contribution in [3.63, 3.8) is 0 Å². The van der Waals surface area contributed by atoms with Gasteiger partial charge in [-0.25, -0.2) is 0 Å². The summed E-state index contributed by atoms with van der Waals surface area (Å²) in [6.45, 7) is 4.02. The third kappa shape index (κ3) is 3.99. The highest BCUT2D eigenvalue weighted by atomic mass is 79.9. The first-order valence-electron chi connectivity index (χ1n) is 10.5. The van der Waals surface area contributed by atoms with Crippen LogP contribution in [-0.4, -0.2) is 52.0 Å². The molecule has 0 saturated carbocycles. The molecular weight excluding hydrogens is 454 g/mol. The molecule has 1 aliphatic rings. The molecule has 1 atom stereocenters. The maximum atomic E-state index is 12.3. The van der Waals surface area contributed by atoms with Crippen molar-refractivity contribution in [2.75, 3.05) is 26.2 Å². The van der Waals surface area contributed by atoms with Crippen LogP contribution in [0.3, 0.4) is 0 Å². The first kappa shape index (κ1) is 20.2. The van der Waals surface area contributed by atoms with Crippen molar-refractivity contribution in [2.24, 2.45) is 0 Å². The topological polar surface area (TPSA) is 59.6 Å². The number of rotatable bonds is 5. The number of nitrogens with zero attached hydrogens (tertiary/aromatic N) is 2. The van der Waals surface area contributed by atoms with Gasteiger partial charge in [0.05, 0.1) is 0 Å². The molecular formula is C25H24BrN3O2. The maximum Gasteiger partial charge on any atom is 0.325 e. The Bertz CT molecular complexity index is 1240. The minimum atomic E-state index is -0.802. The Morgan fingerprint density at radius 1 is 1.00 bits per heavy atom. The van der Waals surface area contributed by atoms with E-state index >= 15 is 0 Å². The number of hydrogen-bond donors (Lipinski definition) is 2. The molecule has 4 aromatic rings. The molecule has 1 fully saturated rings. The van der Waals surface area contributed by atoms with Crippen LogP contribution in [0, 0.1) is 0 Å². The quantitative estimate of drug-likeness (QED) is 0.423. The first-order chi connectivity index (χ1) is 15.1. The van der Waals surface area contributed by atoms with Crippen LogP contribution in [0.1, 0.15) is 17.2 Å². The lowest BCUT2D eigenvalue weighted by atomic mass is 10.0. The monoisotopic (exact) mass is 477 g/mol. The Labute approximate surface area is 189 Å². The fourth-order valence-electron chi connectivity index (χ4n) is 4.68. The van der Waals surface area contributed by atoms with E-state index in [4.69, 9.17) is 0 Å². The molecule has 1 aromatic heterocycles. The highest BCUT2D eigenvalue weighted by Crippen LogP contribution is 2.31. The van der Waals surface area contributed by atoms with Crippen molar-refractivity contribution >= 4 is 43.6 Å². The van der Waals surface area contributed by atoms with E-state index in [1.165, 1.54) is 16.3 Å². The lowest BCUT2D eigenvalue weighted by Gasteiger charge is -2.37. The van der Waals surface area contributed by atoms with E-state index < -0.39 is 12.0 Å². The summed E-state index contributed by atoms with van der Waals surface area (Å²) in [5.41, 5.74) is 3.10. The summed E-state index contributed by atoms with van der Waals surface area (Å²) in [5, 5.41) is 13.6. The number of aliphatic carboxylic acids is 1. The van der Waals surface area contributed by atoms with E-state index in [0.717, 1.165) is 53.7 Å². The standard InChI is InChI=1S/C25H24BrN3O2/c26-19-8-9-23-21(14-19)22(15-27-23)24(25(30)31)29-12-10-28(11-13-29)16-18-6-3-5-17-4-1-2-7-20(17)18/h1-9,14-15,24,27H,10-13,16H2,(H,30,31)/t24-/m0/s1. The van der Waals surface area contributed by atoms with Gasteiger partial charge in [0.1, 0.15) is 6.04 Å². The van der Waals surface area contributed by atoms with Crippen molar-refractivity contribution in [2.45, 2.75) is 12.6 Å². The summed E-state index contributed by atoms with van der Waals surface area (Å²) in [7, 11) is 0. The normalized spacial score (nSPS) is 16.7. The fraction of sp³-hybridized carbons (Fsp3) is 0.240.